The van der Waals surface area contributed by atoms with Gasteiger partial charge < -0.3 is 4.42 Å². The SMILES string of the molecule is [2H]c1cc2c(oc3cc(Cl)c([2H])c(Br)c32)c([2H])c1[2H]. The molecule has 0 atom stereocenters. The molecule has 3 rings (SSSR count). The van der Waals surface area contributed by atoms with Gasteiger partial charge in [0.2, 0.25) is 0 Å². The molecule has 0 N–H and O–H groups in total. The van der Waals surface area contributed by atoms with Crippen molar-refractivity contribution >= 4 is 49.5 Å². The summed E-state index contributed by atoms with van der Waals surface area (Å²) in [5.74, 6) is 0. The van der Waals surface area contributed by atoms with Gasteiger partial charge in [-0.25, -0.2) is 0 Å². The van der Waals surface area contributed by atoms with E-state index in [1.165, 1.54) is 12.1 Å². The third-order valence-electron chi connectivity index (χ3n) is 2.14. The Morgan fingerprint density at radius 1 is 1.33 bits per heavy atom. The van der Waals surface area contributed by atoms with E-state index in [4.69, 9.17) is 21.5 Å². The van der Waals surface area contributed by atoms with Crippen molar-refractivity contribution in [2.45, 2.75) is 0 Å². The van der Waals surface area contributed by atoms with Crippen LogP contribution < -0.4 is 0 Å². The van der Waals surface area contributed by atoms with Gasteiger partial charge in [-0.05, 0) is 28.0 Å². The molecule has 0 aliphatic carbocycles. The van der Waals surface area contributed by atoms with E-state index in [2.05, 4.69) is 15.9 Å². The second-order valence-corrected chi connectivity index (χ2v) is 4.25. The molecule has 0 bridgehead atoms. The minimum atomic E-state index is -0.181. The summed E-state index contributed by atoms with van der Waals surface area (Å²) in [6.07, 6.45) is 0. The van der Waals surface area contributed by atoms with Gasteiger partial charge >= 0.3 is 0 Å². The lowest BCUT2D eigenvalue weighted by Gasteiger charge is -1.94. The lowest BCUT2D eigenvalue weighted by atomic mass is 10.1. The Morgan fingerprint density at radius 3 is 3.07 bits per heavy atom. The summed E-state index contributed by atoms with van der Waals surface area (Å²) >= 11 is 9.22. The number of rotatable bonds is 0. The van der Waals surface area contributed by atoms with Gasteiger partial charge in [0.1, 0.15) is 11.2 Å². The molecule has 2 aromatic carbocycles. The summed E-state index contributed by atoms with van der Waals surface area (Å²) in [5.41, 5.74) is 0.666. The molecule has 0 aliphatic rings. The van der Waals surface area contributed by atoms with Gasteiger partial charge in [0, 0.05) is 26.3 Å². The number of para-hydroxylation sites is 1. The van der Waals surface area contributed by atoms with Crippen LogP contribution in [-0.2, 0) is 0 Å². The lowest BCUT2D eigenvalue weighted by Crippen LogP contribution is -1.70. The zero-order chi connectivity index (χ0) is 13.9. The van der Waals surface area contributed by atoms with Gasteiger partial charge in [0.25, 0.3) is 0 Å². The third kappa shape index (κ3) is 1.36. The van der Waals surface area contributed by atoms with Crippen molar-refractivity contribution in [2.75, 3.05) is 0 Å². The van der Waals surface area contributed by atoms with Gasteiger partial charge in [0.05, 0.1) is 5.48 Å². The van der Waals surface area contributed by atoms with Crippen LogP contribution in [0.15, 0.2) is 45.2 Å². The maximum atomic E-state index is 7.84. The first-order valence-corrected chi connectivity index (χ1v) is 5.36. The maximum absolute atomic E-state index is 7.84. The van der Waals surface area contributed by atoms with Crippen LogP contribution in [-0.4, -0.2) is 0 Å². The molecule has 0 unspecified atom stereocenters. The second-order valence-electron chi connectivity index (χ2n) is 3.05. The molecule has 0 saturated heterocycles. The monoisotopic (exact) mass is 284 g/mol. The molecule has 3 aromatic rings. The molecule has 1 heterocycles. The minimum absolute atomic E-state index is 0.0476. The summed E-state index contributed by atoms with van der Waals surface area (Å²) in [5, 5.41) is 1.38. The van der Waals surface area contributed by atoms with E-state index in [0.717, 1.165) is 0 Å². The summed E-state index contributed by atoms with van der Waals surface area (Å²) < 4.78 is 37.0. The Labute approximate surface area is 105 Å². The number of hydrogen-bond donors (Lipinski definition) is 0. The predicted molar refractivity (Wildman–Crippen MR) is 66.4 cm³/mol. The van der Waals surface area contributed by atoms with Crippen LogP contribution in [0.1, 0.15) is 5.48 Å². The fraction of sp³-hybridized carbons (Fsp3) is 0. The zero-order valence-corrected chi connectivity index (χ0v) is 9.66. The van der Waals surface area contributed by atoms with Crippen molar-refractivity contribution in [3.63, 3.8) is 0 Å². The number of furan rings is 1. The topological polar surface area (TPSA) is 13.1 Å². The van der Waals surface area contributed by atoms with E-state index in [0.29, 0.717) is 20.8 Å². The highest BCUT2D eigenvalue weighted by atomic mass is 79.9. The van der Waals surface area contributed by atoms with Crippen LogP contribution in [0.25, 0.3) is 21.9 Å². The third-order valence-corrected chi connectivity index (χ3v) is 2.94. The Balaban J connectivity index is 2.62. The standard InChI is InChI=1S/C12H6BrClO/c13-9-5-7(14)6-11-12(9)8-3-1-2-4-10(8)15-11/h1-6H/i1D,2D,4D,5D. The van der Waals surface area contributed by atoms with Crippen LogP contribution in [0.2, 0.25) is 5.02 Å². The van der Waals surface area contributed by atoms with Gasteiger partial charge in [-0.15, -0.1) is 0 Å². The number of hydrogen-bond acceptors (Lipinski definition) is 1. The first-order chi connectivity index (χ1) is 8.91. The van der Waals surface area contributed by atoms with E-state index in [9.17, 15) is 0 Å². The average molecular weight is 286 g/mol. The van der Waals surface area contributed by atoms with Gasteiger partial charge in [-0.3, -0.25) is 0 Å². The van der Waals surface area contributed by atoms with Crippen molar-refractivity contribution in [1.82, 2.24) is 0 Å². The van der Waals surface area contributed by atoms with E-state index in [1.54, 1.807) is 0 Å². The number of fused-ring (bicyclic) bond motifs is 3. The fourth-order valence-corrected chi connectivity index (χ4v) is 2.47. The highest BCUT2D eigenvalue weighted by Gasteiger charge is 2.09. The molecule has 3 heteroatoms. The molecule has 74 valence electrons. The molecule has 0 fully saturated rings. The summed E-state index contributed by atoms with van der Waals surface area (Å²) in [6, 6.07) is 2.75. The molecular weight excluding hydrogens is 275 g/mol. The molecule has 0 spiro atoms. The number of halogens is 2. The Bertz CT molecular complexity index is 843. The van der Waals surface area contributed by atoms with Crippen LogP contribution >= 0.6 is 27.5 Å². The van der Waals surface area contributed by atoms with Crippen LogP contribution in [0.3, 0.4) is 0 Å². The lowest BCUT2D eigenvalue weighted by molar-refractivity contribution is 0.669. The highest BCUT2D eigenvalue weighted by Crippen LogP contribution is 2.35. The first kappa shape index (κ1) is 5.92. The quantitative estimate of drug-likeness (QED) is 0.566. The minimum Gasteiger partial charge on any atom is -0.456 e. The van der Waals surface area contributed by atoms with Crippen LogP contribution in [0.4, 0.5) is 0 Å². The van der Waals surface area contributed by atoms with E-state index >= 15 is 0 Å². The molecule has 0 aliphatic heterocycles. The van der Waals surface area contributed by atoms with Crippen LogP contribution in [0.5, 0.6) is 0 Å². The largest absolute Gasteiger partial charge is 0.456 e. The Morgan fingerprint density at radius 2 is 2.20 bits per heavy atom. The van der Waals surface area contributed by atoms with Gasteiger partial charge in [-0.1, -0.05) is 29.8 Å². The summed E-state index contributed by atoms with van der Waals surface area (Å²) in [4.78, 5) is 0. The summed E-state index contributed by atoms with van der Waals surface area (Å²) in [7, 11) is 0. The average Bonchev–Trinajstić information content (AvgIpc) is 2.72. The van der Waals surface area contributed by atoms with Crippen molar-refractivity contribution in [3.05, 3.63) is 45.8 Å². The second kappa shape index (κ2) is 3.26. The van der Waals surface area contributed by atoms with Crippen molar-refractivity contribution in [1.29, 1.82) is 0 Å². The van der Waals surface area contributed by atoms with Crippen molar-refractivity contribution in [2.24, 2.45) is 0 Å². The summed E-state index contributed by atoms with van der Waals surface area (Å²) in [6.45, 7) is 0. The smallest absolute Gasteiger partial charge is 0.138 e. The highest BCUT2D eigenvalue weighted by molar-refractivity contribution is 9.10. The zero-order valence-electron chi connectivity index (χ0n) is 11.3. The van der Waals surface area contributed by atoms with Crippen molar-refractivity contribution < 1.29 is 9.90 Å². The van der Waals surface area contributed by atoms with Crippen LogP contribution in [0, 0.1) is 0 Å². The van der Waals surface area contributed by atoms with Gasteiger partial charge in [-0.2, -0.15) is 0 Å². The van der Waals surface area contributed by atoms with E-state index in [-0.39, 0.29) is 34.8 Å². The predicted octanol–water partition coefficient (Wildman–Crippen LogP) is 5.00. The van der Waals surface area contributed by atoms with E-state index < -0.39 is 0 Å². The number of benzene rings is 2. The van der Waals surface area contributed by atoms with E-state index in [1.807, 2.05) is 0 Å². The maximum Gasteiger partial charge on any atom is 0.138 e. The normalized spacial score (nSPS) is 15.1. The molecule has 0 saturated carbocycles. The molecular formula is C12H6BrClO. The Kier molecular flexibility index (Phi) is 1.29. The molecule has 0 radical (unpaired) electrons. The van der Waals surface area contributed by atoms with Crippen molar-refractivity contribution in [3.8, 4) is 0 Å². The fourth-order valence-electron chi connectivity index (χ4n) is 1.54. The molecule has 1 nitrogen and oxygen atoms in total. The molecule has 1 aromatic heterocycles. The molecule has 0 amide bonds. The molecule has 15 heavy (non-hydrogen) atoms. The van der Waals surface area contributed by atoms with Gasteiger partial charge in [0.15, 0.2) is 0 Å². The Hall–Kier alpha value is -0.990. The first-order valence-electron chi connectivity index (χ1n) is 6.19.